The Morgan fingerprint density at radius 2 is 1.87 bits per heavy atom. The fourth-order valence-corrected chi connectivity index (χ4v) is 3.62. The maximum Gasteiger partial charge on any atom is 0.159 e. The second-order valence-electron chi connectivity index (χ2n) is 9.86. The van der Waals surface area contributed by atoms with Gasteiger partial charge in [0.2, 0.25) is 0 Å². The van der Waals surface area contributed by atoms with Gasteiger partial charge in [0.15, 0.2) is 17.4 Å². The van der Waals surface area contributed by atoms with Crippen molar-refractivity contribution in [3.05, 3.63) is 71.0 Å². The normalized spacial score (nSPS) is 19.6. The number of aliphatic hydroxyl groups is 1. The number of allylic oxidation sites excluding steroid dienone is 5. The van der Waals surface area contributed by atoms with Gasteiger partial charge in [-0.1, -0.05) is 50.1 Å². The average Bonchev–Trinajstić information content (AvgIpc) is 3.30. The highest BCUT2D eigenvalue weighted by atomic mass is 19.2. The lowest BCUT2D eigenvalue weighted by Crippen LogP contribution is -2.26. The molecule has 1 aliphatic rings. The summed E-state index contributed by atoms with van der Waals surface area (Å²) >= 11 is 0. The monoisotopic (exact) mass is 536 g/mol. The van der Waals surface area contributed by atoms with Crippen LogP contribution < -0.4 is 5.73 Å². The summed E-state index contributed by atoms with van der Waals surface area (Å²) in [6.45, 7) is 15.8. The molecule has 1 fully saturated rings. The molecule has 1 saturated heterocycles. The lowest BCUT2D eigenvalue weighted by Gasteiger charge is -2.19. The van der Waals surface area contributed by atoms with Crippen molar-refractivity contribution in [2.75, 3.05) is 7.11 Å². The van der Waals surface area contributed by atoms with Gasteiger partial charge in [-0.05, 0) is 90.5 Å². The molecule has 0 radical (unpaired) electrons. The summed E-state index contributed by atoms with van der Waals surface area (Å²) in [7, 11) is 1.46. The fourth-order valence-electron chi connectivity index (χ4n) is 3.62. The third kappa shape index (κ3) is 14.7. The Labute approximate surface area is 229 Å². The first kappa shape index (κ1) is 35.8. The Morgan fingerprint density at radius 1 is 1.24 bits per heavy atom. The van der Waals surface area contributed by atoms with Gasteiger partial charge in [-0.15, -0.1) is 0 Å². The number of methoxy groups -OCH3 is 1. The van der Waals surface area contributed by atoms with Gasteiger partial charge in [-0.2, -0.15) is 0 Å². The van der Waals surface area contributed by atoms with Crippen LogP contribution in [0.1, 0.15) is 99.1 Å². The first-order chi connectivity index (χ1) is 17.8. The minimum atomic E-state index is -0.958. The highest BCUT2D eigenvalue weighted by molar-refractivity contribution is 6.01. The van der Waals surface area contributed by atoms with Crippen LogP contribution in [-0.4, -0.2) is 35.9 Å². The van der Waals surface area contributed by atoms with Crippen molar-refractivity contribution < 1.29 is 23.4 Å². The molecule has 7 heteroatoms. The van der Waals surface area contributed by atoms with Crippen molar-refractivity contribution >= 4 is 5.71 Å². The number of rotatable bonds is 9. The molecule has 1 aliphatic heterocycles. The van der Waals surface area contributed by atoms with Crippen LogP contribution in [-0.2, 0) is 9.47 Å². The van der Waals surface area contributed by atoms with Crippen LogP contribution in [0.5, 0.6) is 0 Å². The van der Waals surface area contributed by atoms with Gasteiger partial charge >= 0.3 is 0 Å². The van der Waals surface area contributed by atoms with E-state index >= 15 is 0 Å². The minimum absolute atomic E-state index is 0.0974. The molecular weight excluding hydrogens is 486 g/mol. The fraction of sp³-hybridized carbons (Fsp3) is 0.581. The Hall–Kier alpha value is -2.19. The summed E-state index contributed by atoms with van der Waals surface area (Å²) < 4.78 is 35.9. The van der Waals surface area contributed by atoms with E-state index in [9.17, 15) is 8.78 Å². The largest absolute Gasteiger partial charge is 0.373 e. The zero-order valence-electron chi connectivity index (χ0n) is 24.9. The molecule has 2 rings (SSSR count). The molecule has 3 N–H and O–H groups in total. The molecule has 0 amide bonds. The summed E-state index contributed by atoms with van der Waals surface area (Å²) in [5.74, 6) is -2.67. The summed E-state index contributed by atoms with van der Waals surface area (Å²) in [5.41, 5.74) is 10.4. The summed E-state index contributed by atoms with van der Waals surface area (Å²) in [4.78, 5) is 4.46. The third-order valence-electron chi connectivity index (χ3n) is 5.91. The predicted molar refractivity (Wildman–Crippen MR) is 155 cm³/mol. The van der Waals surface area contributed by atoms with Gasteiger partial charge in [0.05, 0.1) is 18.2 Å². The Morgan fingerprint density at radius 3 is 2.32 bits per heavy atom. The topological polar surface area (TPSA) is 77.1 Å². The van der Waals surface area contributed by atoms with Crippen molar-refractivity contribution in [1.29, 1.82) is 0 Å². The second kappa shape index (κ2) is 19.0. The molecule has 1 aromatic rings. The number of ether oxygens (including phenoxy) is 2. The molecule has 3 atom stereocenters. The van der Waals surface area contributed by atoms with E-state index in [2.05, 4.69) is 55.7 Å². The third-order valence-corrected chi connectivity index (χ3v) is 5.91. The maximum absolute atomic E-state index is 13.0. The number of hydrogen-bond acceptors (Lipinski definition) is 5. The van der Waals surface area contributed by atoms with Gasteiger partial charge in [0, 0.05) is 19.0 Å². The number of hydrogen-bond donors (Lipinski definition) is 2. The van der Waals surface area contributed by atoms with Crippen LogP contribution in [0.25, 0.3) is 0 Å². The Balaban J connectivity index is 0.000000596. The van der Waals surface area contributed by atoms with Gasteiger partial charge in [0.1, 0.15) is 0 Å². The summed E-state index contributed by atoms with van der Waals surface area (Å²) in [6, 6.07) is 3.37. The Bertz CT molecular complexity index is 934. The van der Waals surface area contributed by atoms with Crippen LogP contribution in [0.3, 0.4) is 0 Å². The molecule has 5 nitrogen and oxygen atoms in total. The lowest BCUT2D eigenvalue weighted by molar-refractivity contribution is -0.155. The standard InChI is InChI=1S/C15H25N.C12H15F2NO.C4H10O2/c1-6-9-12-16-14(5)15(11-8-3)13(4)10-7-2;1-7-2-5-11(16-7)12(15)8-3-4-9(13)10(14)6-8;1-4(2,5)6-3/h8-9,11-12H,6-7,10H2,1-5H3;3-4,6-7,11-12H,2,5,15H2,1H3;5H,1-3H3/b11-8-,12-9+,15-13+,16-14+;;. The van der Waals surface area contributed by atoms with E-state index in [0.29, 0.717) is 5.56 Å². The van der Waals surface area contributed by atoms with E-state index in [0.717, 1.165) is 43.5 Å². The van der Waals surface area contributed by atoms with Crippen molar-refractivity contribution in [1.82, 2.24) is 0 Å². The first-order valence-corrected chi connectivity index (χ1v) is 13.5. The zero-order chi connectivity index (χ0) is 29.3. The van der Waals surface area contributed by atoms with E-state index in [1.54, 1.807) is 13.8 Å². The quantitative estimate of drug-likeness (QED) is 0.191. The van der Waals surface area contributed by atoms with Crippen LogP contribution in [0.2, 0.25) is 0 Å². The molecule has 216 valence electrons. The highest BCUT2D eigenvalue weighted by Crippen LogP contribution is 2.29. The smallest absolute Gasteiger partial charge is 0.159 e. The molecular formula is C31H50F2N2O3. The molecule has 0 aromatic heterocycles. The summed E-state index contributed by atoms with van der Waals surface area (Å²) in [6.07, 6.45) is 13.5. The van der Waals surface area contributed by atoms with E-state index in [4.69, 9.17) is 15.6 Å². The van der Waals surface area contributed by atoms with Crippen LogP contribution in [0.15, 0.2) is 58.8 Å². The number of nitrogens with zero attached hydrogens (tertiary/aromatic N) is 1. The predicted octanol–water partition coefficient (Wildman–Crippen LogP) is 7.96. The molecule has 0 spiro atoms. The van der Waals surface area contributed by atoms with E-state index in [-0.39, 0.29) is 18.2 Å². The summed E-state index contributed by atoms with van der Waals surface area (Å²) in [5, 5.41) is 8.60. The molecule has 0 bridgehead atoms. The Kier molecular flexibility index (Phi) is 17.9. The first-order valence-electron chi connectivity index (χ1n) is 13.5. The minimum Gasteiger partial charge on any atom is -0.373 e. The highest BCUT2D eigenvalue weighted by Gasteiger charge is 2.28. The number of benzene rings is 1. The van der Waals surface area contributed by atoms with Crippen molar-refractivity contribution in [3.63, 3.8) is 0 Å². The SMILES string of the molecule is CC1CCC(C(N)c2ccc(F)c(F)c2)O1.COC(C)(C)O.C\C=C/C(C(/C)=N/C=C/CC)=C(/C)CCC. The van der Waals surface area contributed by atoms with Crippen molar-refractivity contribution in [3.8, 4) is 0 Å². The molecule has 1 aromatic carbocycles. The number of aliphatic imine (C=N–C) groups is 1. The van der Waals surface area contributed by atoms with E-state index in [1.165, 1.54) is 30.7 Å². The molecule has 3 unspecified atom stereocenters. The average molecular weight is 537 g/mol. The lowest BCUT2D eigenvalue weighted by atomic mass is 10.00. The zero-order valence-corrected chi connectivity index (χ0v) is 24.9. The molecule has 0 aliphatic carbocycles. The molecule has 1 heterocycles. The molecule has 0 saturated carbocycles. The van der Waals surface area contributed by atoms with Gasteiger partial charge < -0.3 is 20.3 Å². The molecule has 38 heavy (non-hydrogen) atoms. The van der Waals surface area contributed by atoms with Crippen LogP contribution in [0, 0.1) is 11.6 Å². The van der Waals surface area contributed by atoms with Crippen LogP contribution >= 0.6 is 0 Å². The number of halogens is 2. The van der Waals surface area contributed by atoms with E-state index in [1.807, 2.05) is 20.0 Å². The maximum atomic E-state index is 13.0. The van der Waals surface area contributed by atoms with Crippen molar-refractivity contribution in [2.45, 2.75) is 112 Å². The van der Waals surface area contributed by atoms with E-state index < -0.39 is 17.4 Å². The second-order valence-corrected chi connectivity index (χ2v) is 9.86. The van der Waals surface area contributed by atoms with Gasteiger partial charge in [-0.25, -0.2) is 8.78 Å². The number of nitrogens with two attached hydrogens (primary N) is 1. The van der Waals surface area contributed by atoms with Crippen LogP contribution in [0.4, 0.5) is 8.78 Å². The van der Waals surface area contributed by atoms with Gasteiger partial charge in [0.25, 0.3) is 0 Å². The van der Waals surface area contributed by atoms with Gasteiger partial charge in [-0.3, -0.25) is 4.99 Å². The van der Waals surface area contributed by atoms with Crippen molar-refractivity contribution in [2.24, 2.45) is 10.7 Å².